The summed E-state index contributed by atoms with van der Waals surface area (Å²) < 4.78 is 0. The molecule has 0 spiro atoms. The lowest BCUT2D eigenvalue weighted by atomic mass is 9.99. The van der Waals surface area contributed by atoms with Gasteiger partial charge in [0.15, 0.2) is 0 Å². The molecule has 102 valence electrons. The Morgan fingerprint density at radius 3 is 2.89 bits per heavy atom. The molecule has 1 aliphatic heterocycles. The number of benzene rings is 1. The summed E-state index contributed by atoms with van der Waals surface area (Å²) in [6, 6.07) is 6.64. The highest BCUT2D eigenvalue weighted by atomic mass is 16.2. The number of nitrogens with two attached hydrogens (primary N) is 1. The standard InChI is InChI=1S/C13H18N4O2/c1-13(2)11(18)15-6-7-17(13)12(19)16-10-5-3-4-9(14)8-10/h3-5,8H,6-7,14H2,1-2H3,(H,15,18)(H,16,19). The van der Waals surface area contributed by atoms with E-state index in [0.29, 0.717) is 24.5 Å². The third kappa shape index (κ3) is 2.62. The maximum absolute atomic E-state index is 12.2. The number of anilines is 2. The molecule has 1 fully saturated rings. The molecule has 6 heteroatoms. The van der Waals surface area contributed by atoms with Gasteiger partial charge in [-0.25, -0.2) is 4.79 Å². The number of hydrogen-bond donors (Lipinski definition) is 3. The van der Waals surface area contributed by atoms with Crippen LogP contribution in [-0.4, -0.2) is 35.5 Å². The molecule has 6 nitrogen and oxygen atoms in total. The van der Waals surface area contributed by atoms with Crippen molar-refractivity contribution in [2.24, 2.45) is 0 Å². The Morgan fingerprint density at radius 2 is 2.21 bits per heavy atom. The van der Waals surface area contributed by atoms with E-state index in [1.165, 1.54) is 4.90 Å². The van der Waals surface area contributed by atoms with E-state index < -0.39 is 5.54 Å². The first-order valence-electron chi connectivity index (χ1n) is 6.14. The number of nitrogens with zero attached hydrogens (tertiary/aromatic N) is 1. The van der Waals surface area contributed by atoms with Gasteiger partial charge >= 0.3 is 6.03 Å². The number of nitrogens with one attached hydrogen (secondary N) is 2. The van der Waals surface area contributed by atoms with Gasteiger partial charge in [0.2, 0.25) is 5.91 Å². The normalized spacial score (nSPS) is 17.8. The zero-order valence-electron chi connectivity index (χ0n) is 11.1. The van der Waals surface area contributed by atoms with Gasteiger partial charge in [0.1, 0.15) is 5.54 Å². The average molecular weight is 262 g/mol. The number of amides is 3. The SMILES string of the molecule is CC1(C)C(=O)NCCN1C(=O)Nc1cccc(N)c1. The molecule has 4 N–H and O–H groups in total. The minimum atomic E-state index is -0.858. The molecule has 0 bridgehead atoms. The molecule has 0 aliphatic carbocycles. The van der Waals surface area contributed by atoms with Crippen LogP contribution in [0.15, 0.2) is 24.3 Å². The fourth-order valence-electron chi connectivity index (χ4n) is 2.06. The summed E-state index contributed by atoms with van der Waals surface area (Å²) in [6.07, 6.45) is 0. The zero-order chi connectivity index (χ0) is 14.0. The average Bonchev–Trinajstić information content (AvgIpc) is 2.32. The first-order valence-corrected chi connectivity index (χ1v) is 6.14. The van der Waals surface area contributed by atoms with Gasteiger partial charge in [-0.2, -0.15) is 0 Å². The predicted molar refractivity (Wildman–Crippen MR) is 73.7 cm³/mol. The highest BCUT2D eigenvalue weighted by molar-refractivity contribution is 5.96. The van der Waals surface area contributed by atoms with Crippen molar-refractivity contribution in [3.8, 4) is 0 Å². The van der Waals surface area contributed by atoms with E-state index in [0.717, 1.165) is 0 Å². The molecule has 0 radical (unpaired) electrons. The van der Waals surface area contributed by atoms with Crippen LogP contribution in [0.25, 0.3) is 0 Å². The van der Waals surface area contributed by atoms with Gasteiger partial charge in [0.25, 0.3) is 0 Å². The van der Waals surface area contributed by atoms with Crippen molar-refractivity contribution >= 4 is 23.3 Å². The van der Waals surface area contributed by atoms with Crippen LogP contribution in [0.5, 0.6) is 0 Å². The molecule has 0 saturated carbocycles. The van der Waals surface area contributed by atoms with Crippen molar-refractivity contribution in [3.63, 3.8) is 0 Å². The predicted octanol–water partition coefficient (Wildman–Crippen LogP) is 1.01. The molecular weight excluding hydrogens is 244 g/mol. The molecule has 1 aromatic rings. The van der Waals surface area contributed by atoms with E-state index >= 15 is 0 Å². The maximum atomic E-state index is 12.2. The summed E-state index contributed by atoms with van der Waals surface area (Å²) in [5.41, 5.74) is 6.00. The Morgan fingerprint density at radius 1 is 1.47 bits per heavy atom. The van der Waals surface area contributed by atoms with Crippen LogP contribution in [0.4, 0.5) is 16.2 Å². The largest absolute Gasteiger partial charge is 0.399 e. The van der Waals surface area contributed by atoms with Crippen LogP contribution in [0.3, 0.4) is 0 Å². The molecule has 1 saturated heterocycles. The lowest BCUT2D eigenvalue weighted by molar-refractivity contribution is -0.132. The molecule has 1 heterocycles. The topological polar surface area (TPSA) is 87.5 Å². The number of urea groups is 1. The molecule has 0 unspecified atom stereocenters. The Balaban J connectivity index is 2.13. The van der Waals surface area contributed by atoms with Crippen molar-refractivity contribution in [2.75, 3.05) is 24.1 Å². The molecular formula is C13H18N4O2. The molecule has 1 aliphatic rings. The van der Waals surface area contributed by atoms with E-state index in [4.69, 9.17) is 5.73 Å². The number of rotatable bonds is 1. The van der Waals surface area contributed by atoms with E-state index in [9.17, 15) is 9.59 Å². The van der Waals surface area contributed by atoms with Crippen LogP contribution in [0, 0.1) is 0 Å². The van der Waals surface area contributed by atoms with Gasteiger partial charge in [-0.15, -0.1) is 0 Å². The molecule has 19 heavy (non-hydrogen) atoms. The minimum Gasteiger partial charge on any atom is -0.399 e. The number of carbonyl (C=O) groups is 2. The quantitative estimate of drug-likeness (QED) is 0.660. The van der Waals surface area contributed by atoms with E-state index in [1.807, 2.05) is 0 Å². The summed E-state index contributed by atoms with van der Waals surface area (Å²) in [4.78, 5) is 25.5. The minimum absolute atomic E-state index is 0.151. The Bertz CT molecular complexity index is 513. The van der Waals surface area contributed by atoms with E-state index in [2.05, 4.69) is 10.6 Å². The van der Waals surface area contributed by atoms with Crippen molar-refractivity contribution in [2.45, 2.75) is 19.4 Å². The molecule has 1 aromatic carbocycles. The first-order chi connectivity index (χ1) is 8.91. The third-order valence-electron chi connectivity index (χ3n) is 3.23. The van der Waals surface area contributed by atoms with Gasteiger partial charge in [0, 0.05) is 24.5 Å². The van der Waals surface area contributed by atoms with Gasteiger partial charge in [-0.05, 0) is 32.0 Å². The third-order valence-corrected chi connectivity index (χ3v) is 3.23. The van der Waals surface area contributed by atoms with Crippen LogP contribution in [0.2, 0.25) is 0 Å². The number of hydrogen-bond acceptors (Lipinski definition) is 3. The van der Waals surface area contributed by atoms with Gasteiger partial charge in [0.05, 0.1) is 0 Å². The zero-order valence-corrected chi connectivity index (χ0v) is 11.1. The number of carbonyl (C=O) groups excluding carboxylic acids is 2. The molecule has 3 amide bonds. The second-order valence-electron chi connectivity index (χ2n) is 5.02. The van der Waals surface area contributed by atoms with Crippen LogP contribution >= 0.6 is 0 Å². The van der Waals surface area contributed by atoms with E-state index in [-0.39, 0.29) is 11.9 Å². The molecule has 0 atom stereocenters. The fourth-order valence-corrected chi connectivity index (χ4v) is 2.06. The summed E-state index contributed by atoms with van der Waals surface area (Å²) >= 11 is 0. The first kappa shape index (κ1) is 13.2. The lowest BCUT2D eigenvalue weighted by Crippen LogP contribution is -2.64. The Kier molecular flexibility index (Phi) is 3.33. The maximum Gasteiger partial charge on any atom is 0.322 e. The number of nitrogen functional groups attached to an aromatic ring is 1. The van der Waals surface area contributed by atoms with Crippen molar-refractivity contribution in [1.82, 2.24) is 10.2 Å². The van der Waals surface area contributed by atoms with Crippen LogP contribution < -0.4 is 16.4 Å². The van der Waals surface area contributed by atoms with Gasteiger partial charge in [-0.3, -0.25) is 4.79 Å². The molecule has 2 rings (SSSR count). The van der Waals surface area contributed by atoms with Crippen molar-refractivity contribution < 1.29 is 9.59 Å². The van der Waals surface area contributed by atoms with Gasteiger partial charge < -0.3 is 21.3 Å². The second-order valence-corrected chi connectivity index (χ2v) is 5.02. The van der Waals surface area contributed by atoms with Crippen LogP contribution in [-0.2, 0) is 4.79 Å². The van der Waals surface area contributed by atoms with Crippen molar-refractivity contribution in [1.29, 1.82) is 0 Å². The lowest BCUT2D eigenvalue weighted by Gasteiger charge is -2.40. The Hall–Kier alpha value is -2.24. The monoisotopic (exact) mass is 262 g/mol. The number of piperazine rings is 1. The highest BCUT2D eigenvalue weighted by Gasteiger charge is 2.40. The Labute approximate surface area is 112 Å². The summed E-state index contributed by atoms with van der Waals surface area (Å²) in [7, 11) is 0. The van der Waals surface area contributed by atoms with Crippen molar-refractivity contribution in [3.05, 3.63) is 24.3 Å². The van der Waals surface area contributed by atoms with Crippen LogP contribution in [0.1, 0.15) is 13.8 Å². The summed E-state index contributed by atoms with van der Waals surface area (Å²) in [6.45, 7) is 4.39. The fraction of sp³-hybridized carbons (Fsp3) is 0.385. The van der Waals surface area contributed by atoms with E-state index in [1.54, 1.807) is 38.1 Å². The summed E-state index contributed by atoms with van der Waals surface area (Å²) in [5.74, 6) is -0.151. The summed E-state index contributed by atoms with van der Waals surface area (Å²) in [5, 5.41) is 5.51. The highest BCUT2D eigenvalue weighted by Crippen LogP contribution is 2.20. The van der Waals surface area contributed by atoms with Gasteiger partial charge in [-0.1, -0.05) is 6.07 Å². The second kappa shape index (κ2) is 4.79. The molecule has 0 aromatic heterocycles. The smallest absolute Gasteiger partial charge is 0.322 e.